The zero-order chi connectivity index (χ0) is 20.0. The van der Waals surface area contributed by atoms with E-state index in [0.717, 1.165) is 17.7 Å². The normalized spacial score (nSPS) is 17.7. The Hall–Kier alpha value is -1.93. The van der Waals surface area contributed by atoms with E-state index in [4.69, 9.17) is 0 Å². The molecule has 1 aromatic rings. The molecule has 2 amide bonds. The number of nitrogens with one attached hydrogen (secondary N) is 1. The fourth-order valence-electron chi connectivity index (χ4n) is 3.38. The Kier molecular flexibility index (Phi) is 7.38. The smallest absolute Gasteiger partial charge is 0.243 e. The second-order valence-electron chi connectivity index (χ2n) is 6.84. The lowest BCUT2D eigenvalue weighted by Gasteiger charge is -2.27. The summed E-state index contributed by atoms with van der Waals surface area (Å²) >= 11 is 0. The van der Waals surface area contributed by atoms with E-state index in [-0.39, 0.29) is 24.1 Å². The Morgan fingerprint density at radius 1 is 1.26 bits per heavy atom. The molecule has 0 radical (unpaired) electrons. The molecule has 0 bridgehead atoms. The van der Waals surface area contributed by atoms with Gasteiger partial charge in [-0.3, -0.25) is 9.59 Å². The average Bonchev–Trinajstić information content (AvgIpc) is 3.12. The standard InChI is InChI=1S/C19H29N3O4S/c1-4-13-27(25,26)22-12-8-11-17(22)19(24)21(3)14-18(23)20-16-10-7-6-9-15(16)5-2/h6-7,9-10,17H,4-5,8,11-14H2,1-3H3,(H,20,23). The van der Waals surface area contributed by atoms with Crippen LogP contribution in [0.4, 0.5) is 5.69 Å². The minimum Gasteiger partial charge on any atom is -0.335 e. The lowest BCUT2D eigenvalue weighted by Crippen LogP contribution is -2.48. The number of hydrogen-bond donors (Lipinski definition) is 1. The minimum atomic E-state index is -3.44. The van der Waals surface area contributed by atoms with Crippen molar-refractivity contribution < 1.29 is 18.0 Å². The number of carbonyl (C=O) groups excluding carboxylic acids is 2. The number of aryl methyl sites for hydroxylation is 1. The third-order valence-electron chi connectivity index (χ3n) is 4.74. The number of hydrogen-bond acceptors (Lipinski definition) is 4. The van der Waals surface area contributed by atoms with Crippen LogP contribution in [0.5, 0.6) is 0 Å². The fraction of sp³-hybridized carbons (Fsp3) is 0.579. The molecule has 1 heterocycles. The molecule has 150 valence electrons. The first-order valence-corrected chi connectivity index (χ1v) is 11.0. The summed E-state index contributed by atoms with van der Waals surface area (Å²) in [5.41, 5.74) is 1.76. The van der Waals surface area contributed by atoms with E-state index in [1.807, 2.05) is 31.2 Å². The maximum atomic E-state index is 12.8. The Balaban J connectivity index is 2.01. The van der Waals surface area contributed by atoms with Gasteiger partial charge in [0, 0.05) is 19.3 Å². The quantitative estimate of drug-likeness (QED) is 0.728. The number of para-hydroxylation sites is 1. The number of benzene rings is 1. The number of amides is 2. The highest BCUT2D eigenvalue weighted by Crippen LogP contribution is 2.23. The van der Waals surface area contributed by atoms with Crippen LogP contribution in [-0.4, -0.2) is 61.4 Å². The maximum Gasteiger partial charge on any atom is 0.243 e. The minimum absolute atomic E-state index is 0.0365. The summed E-state index contributed by atoms with van der Waals surface area (Å²) in [7, 11) is -1.90. The van der Waals surface area contributed by atoms with Crippen LogP contribution < -0.4 is 5.32 Å². The largest absolute Gasteiger partial charge is 0.335 e. The molecule has 0 saturated carbocycles. The second kappa shape index (κ2) is 9.32. The van der Waals surface area contributed by atoms with Crippen LogP contribution in [0.3, 0.4) is 0 Å². The molecule has 1 saturated heterocycles. The van der Waals surface area contributed by atoms with Gasteiger partial charge in [-0.15, -0.1) is 0 Å². The summed E-state index contributed by atoms with van der Waals surface area (Å²) in [5.74, 6) is -0.590. The van der Waals surface area contributed by atoms with Crippen LogP contribution in [0, 0.1) is 0 Å². The first kappa shape index (κ1) is 21.4. The van der Waals surface area contributed by atoms with E-state index < -0.39 is 16.1 Å². The molecule has 1 unspecified atom stereocenters. The van der Waals surface area contributed by atoms with Gasteiger partial charge < -0.3 is 10.2 Å². The predicted octanol–water partition coefficient (Wildman–Crippen LogP) is 1.85. The summed E-state index contributed by atoms with van der Waals surface area (Å²) in [4.78, 5) is 26.4. The van der Waals surface area contributed by atoms with E-state index >= 15 is 0 Å². The van der Waals surface area contributed by atoms with Crippen LogP contribution in [0.1, 0.15) is 38.7 Å². The molecule has 0 aliphatic carbocycles. The van der Waals surface area contributed by atoms with E-state index in [9.17, 15) is 18.0 Å². The number of likely N-dealkylation sites (N-methyl/N-ethyl adjacent to an activating group) is 1. The van der Waals surface area contributed by atoms with Crippen molar-refractivity contribution >= 4 is 27.5 Å². The summed E-state index contributed by atoms with van der Waals surface area (Å²) in [6.07, 6.45) is 2.45. The van der Waals surface area contributed by atoms with Crippen molar-refractivity contribution in [3.05, 3.63) is 29.8 Å². The third kappa shape index (κ3) is 5.29. The summed E-state index contributed by atoms with van der Waals surface area (Å²) < 4.78 is 26.1. The van der Waals surface area contributed by atoms with Gasteiger partial charge in [0.1, 0.15) is 6.04 Å². The van der Waals surface area contributed by atoms with Crippen LogP contribution in [0.15, 0.2) is 24.3 Å². The molecular weight excluding hydrogens is 366 g/mol. The van der Waals surface area contributed by atoms with Gasteiger partial charge in [0.05, 0.1) is 12.3 Å². The SMILES string of the molecule is CCCS(=O)(=O)N1CCCC1C(=O)N(C)CC(=O)Nc1ccccc1CC. The fourth-order valence-corrected chi connectivity index (χ4v) is 5.12. The molecular formula is C19H29N3O4S. The van der Waals surface area contributed by atoms with E-state index in [0.29, 0.717) is 25.8 Å². The van der Waals surface area contributed by atoms with Crippen molar-refractivity contribution in [2.45, 2.75) is 45.6 Å². The molecule has 27 heavy (non-hydrogen) atoms. The Morgan fingerprint density at radius 3 is 2.63 bits per heavy atom. The molecule has 1 aliphatic heterocycles. The number of carbonyl (C=O) groups is 2. The van der Waals surface area contributed by atoms with E-state index in [1.54, 1.807) is 6.92 Å². The Bertz CT molecular complexity index is 779. The van der Waals surface area contributed by atoms with Crippen molar-refractivity contribution in [2.24, 2.45) is 0 Å². The van der Waals surface area contributed by atoms with Gasteiger partial charge >= 0.3 is 0 Å². The van der Waals surface area contributed by atoms with Crippen molar-refractivity contribution in [3.63, 3.8) is 0 Å². The zero-order valence-corrected chi connectivity index (χ0v) is 17.1. The zero-order valence-electron chi connectivity index (χ0n) is 16.3. The maximum absolute atomic E-state index is 12.8. The highest BCUT2D eigenvalue weighted by atomic mass is 32.2. The molecule has 1 fully saturated rings. The van der Waals surface area contributed by atoms with Gasteiger partial charge in [-0.2, -0.15) is 4.31 Å². The molecule has 0 aromatic heterocycles. The highest BCUT2D eigenvalue weighted by Gasteiger charge is 2.39. The molecule has 1 N–H and O–H groups in total. The van der Waals surface area contributed by atoms with Gasteiger partial charge in [-0.1, -0.05) is 32.0 Å². The van der Waals surface area contributed by atoms with Crippen molar-refractivity contribution in [2.75, 3.05) is 31.2 Å². The second-order valence-corrected chi connectivity index (χ2v) is 8.88. The molecule has 1 aliphatic rings. The topological polar surface area (TPSA) is 86.8 Å². The molecule has 0 spiro atoms. The van der Waals surface area contributed by atoms with E-state index in [1.165, 1.54) is 16.3 Å². The van der Waals surface area contributed by atoms with Crippen LogP contribution >= 0.6 is 0 Å². The lowest BCUT2D eigenvalue weighted by atomic mass is 10.1. The van der Waals surface area contributed by atoms with Gasteiger partial charge in [0.25, 0.3) is 0 Å². The van der Waals surface area contributed by atoms with Gasteiger partial charge in [-0.05, 0) is 37.3 Å². The monoisotopic (exact) mass is 395 g/mol. The van der Waals surface area contributed by atoms with Gasteiger partial charge in [0.15, 0.2) is 0 Å². The van der Waals surface area contributed by atoms with Crippen LogP contribution in [0.25, 0.3) is 0 Å². The van der Waals surface area contributed by atoms with E-state index in [2.05, 4.69) is 5.32 Å². The Morgan fingerprint density at radius 2 is 1.96 bits per heavy atom. The number of sulfonamides is 1. The third-order valence-corrected chi connectivity index (χ3v) is 6.81. The average molecular weight is 396 g/mol. The lowest BCUT2D eigenvalue weighted by molar-refractivity contribution is -0.136. The summed E-state index contributed by atoms with van der Waals surface area (Å²) in [5, 5.41) is 2.83. The molecule has 8 heteroatoms. The highest BCUT2D eigenvalue weighted by molar-refractivity contribution is 7.89. The van der Waals surface area contributed by atoms with Crippen LogP contribution in [0.2, 0.25) is 0 Å². The summed E-state index contributed by atoms with van der Waals surface area (Å²) in [6, 6.07) is 6.82. The predicted molar refractivity (Wildman–Crippen MR) is 106 cm³/mol. The number of anilines is 1. The first-order valence-electron chi connectivity index (χ1n) is 9.42. The van der Waals surface area contributed by atoms with Crippen molar-refractivity contribution in [1.29, 1.82) is 0 Å². The molecule has 1 atom stereocenters. The van der Waals surface area contributed by atoms with Crippen LogP contribution in [-0.2, 0) is 26.0 Å². The van der Waals surface area contributed by atoms with Crippen molar-refractivity contribution in [1.82, 2.24) is 9.21 Å². The molecule has 1 aromatic carbocycles. The summed E-state index contributed by atoms with van der Waals surface area (Å²) in [6.45, 7) is 4.05. The van der Waals surface area contributed by atoms with Gasteiger partial charge in [0.2, 0.25) is 21.8 Å². The number of nitrogens with zero attached hydrogens (tertiary/aromatic N) is 2. The van der Waals surface area contributed by atoms with Crippen molar-refractivity contribution in [3.8, 4) is 0 Å². The Labute approximate surface area is 161 Å². The first-order chi connectivity index (χ1) is 12.8. The number of rotatable bonds is 8. The van der Waals surface area contributed by atoms with Gasteiger partial charge in [-0.25, -0.2) is 8.42 Å². The molecule has 7 nitrogen and oxygen atoms in total. The molecule has 2 rings (SSSR count).